The summed E-state index contributed by atoms with van der Waals surface area (Å²) in [6, 6.07) is 5.25. The standard InChI is InChI=1S/C14H9FO6S2/c15-8-1-3-9(4-2-8)23(20,21)10-5-13(22-7-10)11(16)6-12(17)14(18)19/h1-5,7H,6H2,(H,18,19). The molecule has 9 heteroatoms. The minimum Gasteiger partial charge on any atom is -0.475 e. The molecule has 0 amide bonds. The summed E-state index contributed by atoms with van der Waals surface area (Å²) in [5, 5.41) is 9.66. The van der Waals surface area contributed by atoms with Gasteiger partial charge >= 0.3 is 5.97 Å². The summed E-state index contributed by atoms with van der Waals surface area (Å²) in [4.78, 5) is 32.8. The number of aliphatic carboxylic acids is 1. The number of Topliss-reactive ketones (excluding diaryl/α,β-unsaturated/α-hetero) is 2. The molecule has 0 saturated heterocycles. The van der Waals surface area contributed by atoms with Crippen LogP contribution in [-0.2, 0) is 19.4 Å². The van der Waals surface area contributed by atoms with Gasteiger partial charge in [-0.05, 0) is 30.3 Å². The Bertz CT molecular complexity index is 880. The number of carboxylic acid groups (broad SMARTS) is 1. The Labute approximate surface area is 134 Å². The van der Waals surface area contributed by atoms with Crippen molar-refractivity contribution in [3.05, 3.63) is 46.4 Å². The van der Waals surface area contributed by atoms with Crippen LogP contribution in [0.4, 0.5) is 4.39 Å². The monoisotopic (exact) mass is 356 g/mol. The predicted molar refractivity (Wildman–Crippen MR) is 77.8 cm³/mol. The number of thiophene rings is 1. The lowest BCUT2D eigenvalue weighted by molar-refractivity contribution is -0.148. The fourth-order valence-corrected chi connectivity index (χ4v) is 4.14. The third-order valence-electron chi connectivity index (χ3n) is 2.84. The van der Waals surface area contributed by atoms with E-state index in [9.17, 15) is 27.2 Å². The maximum Gasteiger partial charge on any atom is 0.372 e. The van der Waals surface area contributed by atoms with E-state index in [-0.39, 0.29) is 14.7 Å². The van der Waals surface area contributed by atoms with Crippen LogP contribution in [-0.4, -0.2) is 31.1 Å². The predicted octanol–water partition coefficient (Wildman–Crippen LogP) is 1.95. The summed E-state index contributed by atoms with van der Waals surface area (Å²) < 4.78 is 37.5. The van der Waals surface area contributed by atoms with E-state index in [1.165, 1.54) is 5.38 Å². The van der Waals surface area contributed by atoms with Gasteiger partial charge in [0.05, 0.1) is 21.1 Å². The molecular formula is C14H9FO6S2. The number of hydrogen-bond acceptors (Lipinski definition) is 6. The number of sulfone groups is 1. The molecule has 2 rings (SSSR count). The fraction of sp³-hybridized carbons (Fsp3) is 0.0714. The van der Waals surface area contributed by atoms with Crippen LogP contribution >= 0.6 is 11.3 Å². The molecule has 6 nitrogen and oxygen atoms in total. The molecule has 0 atom stereocenters. The number of hydrogen-bond donors (Lipinski definition) is 1. The molecule has 0 unspecified atom stereocenters. The van der Waals surface area contributed by atoms with Gasteiger partial charge in [0.2, 0.25) is 15.6 Å². The molecule has 0 aliphatic carbocycles. The first-order chi connectivity index (χ1) is 10.7. The number of carbonyl (C=O) groups excluding carboxylic acids is 2. The Hall–Kier alpha value is -2.39. The summed E-state index contributed by atoms with van der Waals surface area (Å²) in [7, 11) is -3.92. The fourth-order valence-electron chi connectivity index (χ4n) is 1.66. The zero-order valence-electron chi connectivity index (χ0n) is 11.4. The third kappa shape index (κ3) is 3.69. The zero-order valence-corrected chi connectivity index (χ0v) is 13.0. The smallest absolute Gasteiger partial charge is 0.372 e. The van der Waals surface area contributed by atoms with Gasteiger partial charge in [-0.2, -0.15) is 0 Å². The molecule has 0 radical (unpaired) electrons. The number of rotatable bonds is 6. The van der Waals surface area contributed by atoms with Gasteiger partial charge in [-0.25, -0.2) is 17.6 Å². The number of carboxylic acids is 1. The zero-order chi connectivity index (χ0) is 17.2. The molecule has 0 spiro atoms. The Morgan fingerprint density at radius 1 is 1.09 bits per heavy atom. The maximum atomic E-state index is 12.9. The summed E-state index contributed by atoms with van der Waals surface area (Å²) >= 11 is 0.788. The van der Waals surface area contributed by atoms with Crippen molar-refractivity contribution < 1.29 is 32.3 Å². The van der Waals surface area contributed by atoms with Gasteiger partial charge in [-0.3, -0.25) is 9.59 Å². The lowest BCUT2D eigenvalue weighted by atomic mass is 10.2. The van der Waals surface area contributed by atoms with Gasteiger partial charge in [0, 0.05) is 5.38 Å². The highest BCUT2D eigenvalue weighted by atomic mass is 32.2. The number of carbonyl (C=O) groups is 3. The van der Waals surface area contributed by atoms with E-state index in [0.29, 0.717) is 0 Å². The van der Waals surface area contributed by atoms with Gasteiger partial charge in [0.15, 0.2) is 5.78 Å². The van der Waals surface area contributed by atoms with Gasteiger partial charge in [0.1, 0.15) is 5.82 Å². The van der Waals surface area contributed by atoms with Crippen LogP contribution in [0.3, 0.4) is 0 Å². The highest BCUT2D eigenvalue weighted by Crippen LogP contribution is 2.26. The average molecular weight is 356 g/mol. The highest BCUT2D eigenvalue weighted by molar-refractivity contribution is 7.91. The molecule has 1 N–H and O–H groups in total. The Morgan fingerprint density at radius 3 is 2.26 bits per heavy atom. The first kappa shape index (κ1) is 17.0. The molecule has 0 saturated carbocycles. The van der Waals surface area contributed by atoms with E-state index in [0.717, 1.165) is 41.7 Å². The minimum absolute atomic E-state index is 0.0414. The van der Waals surface area contributed by atoms with Crippen molar-refractivity contribution in [1.82, 2.24) is 0 Å². The Balaban J connectivity index is 2.28. The van der Waals surface area contributed by atoms with E-state index in [2.05, 4.69) is 0 Å². The highest BCUT2D eigenvalue weighted by Gasteiger charge is 2.23. The molecule has 2 aromatic rings. The first-order valence-corrected chi connectivity index (χ1v) is 8.46. The van der Waals surface area contributed by atoms with Crippen LogP contribution in [0.5, 0.6) is 0 Å². The first-order valence-electron chi connectivity index (χ1n) is 6.10. The SMILES string of the molecule is O=C(O)C(=O)CC(=O)c1cc(S(=O)(=O)c2ccc(F)cc2)cs1. The largest absolute Gasteiger partial charge is 0.475 e. The van der Waals surface area contributed by atoms with Crippen LogP contribution < -0.4 is 0 Å². The molecule has 0 aliphatic heterocycles. The summed E-state index contributed by atoms with van der Waals surface area (Å²) in [6.45, 7) is 0. The van der Waals surface area contributed by atoms with Gasteiger partial charge in [-0.1, -0.05) is 0 Å². The van der Waals surface area contributed by atoms with Crippen molar-refractivity contribution in [2.45, 2.75) is 16.2 Å². The lowest BCUT2D eigenvalue weighted by Crippen LogP contribution is -2.16. The van der Waals surface area contributed by atoms with E-state index in [1.54, 1.807) is 0 Å². The molecule has 1 heterocycles. The quantitative estimate of drug-likeness (QED) is 0.367. The van der Waals surface area contributed by atoms with E-state index in [1.807, 2.05) is 0 Å². The molecule has 1 aromatic heterocycles. The third-order valence-corrected chi connectivity index (χ3v) is 5.71. The van der Waals surface area contributed by atoms with Gasteiger partial charge < -0.3 is 5.11 Å². The average Bonchev–Trinajstić information content (AvgIpc) is 2.98. The van der Waals surface area contributed by atoms with Crippen molar-refractivity contribution in [3.8, 4) is 0 Å². The van der Waals surface area contributed by atoms with Crippen molar-refractivity contribution in [2.24, 2.45) is 0 Å². The molecule has 23 heavy (non-hydrogen) atoms. The van der Waals surface area contributed by atoms with Crippen molar-refractivity contribution >= 4 is 38.7 Å². The second kappa shape index (κ2) is 6.39. The molecule has 120 valence electrons. The number of halogens is 1. The van der Waals surface area contributed by atoms with Crippen LogP contribution in [0.2, 0.25) is 0 Å². The summed E-state index contributed by atoms with van der Waals surface area (Å²) in [6.07, 6.45) is -0.841. The topological polar surface area (TPSA) is 106 Å². The molecular weight excluding hydrogens is 347 g/mol. The van der Waals surface area contributed by atoms with Crippen molar-refractivity contribution in [1.29, 1.82) is 0 Å². The van der Waals surface area contributed by atoms with E-state index < -0.39 is 39.6 Å². The maximum absolute atomic E-state index is 12.9. The van der Waals surface area contributed by atoms with Crippen LogP contribution in [0.1, 0.15) is 16.1 Å². The van der Waals surface area contributed by atoms with Crippen molar-refractivity contribution in [3.63, 3.8) is 0 Å². The summed E-state index contributed by atoms with van der Waals surface area (Å²) in [5.41, 5.74) is 0. The van der Waals surface area contributed by atoms with Crippen molar-refractivity contribution in [2.75, 3.05) is 0 Å². The van der Waals surface area contributed by atoms with E-state index in [4.69, 9.17) is 5.11 Å². The number of ketones is 2. The lowest BCUT2D eigenvalue weighted by Gasteiger charge is -2.01. The van der Waals surface area contributed by atoms with Gasteiger partial charge in [0.25, 0.3) is 0 Å². The second-order valence-corrected chi connectivity index (χ2v) is 7.29. The van der Waals surface area contributed by atoms with Crippen LogP contribution in [0, 0.1) is 5.82 Å². The van der Waals surface area contributed by atoms with E-state index >= 15 is 0 Å². The molecule has 0 bridgehead atoms. The van der Waals surface area contributed by atoms with Crippen LogP contribution in [0.25, 0.3) is 0 Å². The molecule has 1 aromatic carbocycles. The summed E-state index contributed by atoms with van der Waals surface area (Å²) in [5.74, 6) is -4.36. The minimum atomic E-state index is -3.92. The normalized spacial score (nSPS) is 11.2. The van der Waals surface area contributed by atoms with Gasteiger partial charge in [-0.15, -0.1) is 11.3 Å². The Morgan fingerprint density at radius 2 is 1.70 bits per heavy atom. The molecule has 0 aliphatic rings. The second-order valence-electron chi connectivity index (χ2n) is 4.43. The Kier molecular flexibility index (Phi) is 4.71. The van der Waals surface area contributed by atoms with Crippen LogP contribution in [0.15, 0.2) is 45.5 Å². The molecule has 0 fully saturated rings. The number of benzene rings is 1.